The molecule has 0 heterocycles. The summed E-state index contributed by atoms with van der Waals surface area (Å²) in [7, 11) is 0. The number of anilines is 1. The normalized spacial score (nSPS) is 23.1. The number of carbonyl (C=O) groups is 1. The van der Waals surface area contributed by atoms with Gasteiger partial charge in [0.15, 0.2) is 0 Å². The maximum Gasteiger partial charge on any atom is 0.253 e. The largest absolute Gasteiger partial charge is 0.398 e. The van der Waals surface area contributed by atoms with E-state index in [4.69, 9.17) is 5.73 Å². The molecule has 0 aromatic heterocycles. The molecular weight excluding hydrogens is 256 g/mol. The fourth-order valence-electron chi connectivity index (χ4n) is 2.75. The quantitative estimate of drug-likeness (QED) is 0.836. The first-order chi connectivity index (χ1) is 9.11. The zero-order valence-electron chi connectivity index (χ0n) is 11.6. The summed E-state index contributed by atoms with van der Waals surface area (Å²) in [5.74, 6) is -0.0256. The van der Waals surface area contributed by atoms with Crippen molar-refractivity contribution in [2.75, 3.05) is 12.0 Å². The third kappa shape index (κ3) is 3.44. The van der Waals surface area contributed by atoms with Gasteiger partial charge in [0, 0.05) is 17.0 Å². The van der Waals surface area contributed by atoms with E-state index in [9.17, 15) is 4.79 Å². The first-order valence-corrected chi connectivity index (χ1v) is 8.09. The van der Waals surface area contributed by atoms with Crippen molar-refractivity contribution in [1.82, 2.24) is 5.32 Å². The highest BCUT2D eigenvalue weighted by Gasteiger charge is 2.24. The predicted octanol–water partition coefficient (Wildman–Crippen LogP) is 2.98. The zero-order chi connectivity index (χ0) is 13.8. The summed E-state index contributed by atoms with van der Waals surface area (Å²) in [6.07, 6.45) is 6.75. The Bertz CT molecular complexity index is 441. The van der Waals surface area contributed by atoms with Crippen LogP contribution in [0.5, 0.6) is 0 Å². The van der Waals surface area contributed by atoms with Crippen LogP contribution >= 0.6 is 11.8 Å². The predicted molar refractivity (Wildman–Crippen MR) is 82.6 cm³/mol. The SMILES string of the molecule is CSC1CCCC(NC(=O)c2c(C)cccc2N)C1. The second-order valence-electron chi connectivity index (χ2n) is 5.23. The van der Waals surface area contributed by atoms with E-state index in [2.05, 4.69) is 11.6 Å². The van der Waals surface area contributed by atoms with Crippen LogP contribution in [-0.2, 0) is 0 Å². The van der Waals surface area contributed by atoms with Gasteiger partial charge in [-0.25, -0.2) is 0 Å². The first kappa shape index (κ1) is 14.3. The minimum atomic E-state index is -0.0256. The third-order valence-corrected chi connectivity index (χ3v) is 4.92. The highest BCUT2D eigenvalue weighted by Crippen LogP contribution is 2.27. The molecule has 1 amide bonds. The summed E-state index contributed by atoms with van der Waals surface area (Å²) >= 11 is 1.90. The summed E-state index contributed by atoms with van der Waals surface area (Å²) in [6, 6.07) is 5.88. The van der Waals surface area contributed by atoms with Crippen molar-refractivity contribution in [1.29, 1.82) is 0 Å². The van der Waals surface area contributed by atoms with Crippen molar-refractivity contribution in [3.8, 4) is 0 Å². The molecule has 1 saturated carbocycles. The number of rotatable bonds is 3. The molecule has 1 aromatic carbocycles. The summed E-state index contributed by atoms with van der Waals surface area (Å²) < 4.78 is 0. The minimum Gasteiger partial charge on any atom is -0.398 e. The average Bonchev–Trinajstić information content (AvgIpc) is 2.38. The Kier molecular flexibility index (Phi) is 4.75. The monoisotopic (exact) mass is 278 g/mol. The lowest BCUT2D eigenvalue weighted by atomic mass is 9.94. The molecule has 2 rings (SSSR count). The van der Waals surface area contributed by atoms with Gasteiger partial charge in [-0.1, -0.05) is 18.6 Å². The molecule has 1 aliphatic carbocycles. The van der Waals surface area contributed by atoms with Crippen molar-refractivity contribution in [3.05, 3.63) is 29.3 Å². The second kappa shape index (κ2) is 6.33. The Hall–Kier alpha value is -1.16. The number of carbonyl (C=O) groups excluding carboxylic acids is 1. The maximum atomic E-state index is 12.4. The maximum absolute atomic E-state index is 12.4. The molecule has 4 heteroatoms. The van der Waals surface area contributed by atoms with E-state index in [0.717, 1.165) is 18.4 Å². The number of hydrogen-bond acceptors (Lipinski definition) is 3. The lowest BCUT2D eigenvalue weighted by Crippen LogP contribution is -2.39. The number of aryl methyl sites for hydroxylation is 1. The molecule has 0 radical (unpaired) electrons. The van der Waals surface area contributed by atoms with Gasteiger partial charge in [0.2, 0.25) is 0 Å². The molecule has 104 valence electrons. The van der Waals surface area contributed by atoms with Gasteiger partial charge >= 0.3 is 0 Å². The Morgan fingerprint density at radius 3 is 2.89 bits per heavy atom. The summed E-state index contributed by atoms with van der Waals surface area (Å²) in [6.45, 7) is 1.93. The van der Waals surface area contributed by atoms with Gasteiger partial charge in [0.1, 0.15) is 0 Å². The third-order valence-electron chi connectivity index (χ3n) is 3.83. The number of nitrogen functional groups attached to an aromatic ring is 1. The van der Waals surface area contributed by atoms with Crippen LogP contribution in [0.2, 0.25) is 0 Å². The fourth-order valence-corrected chi connectivity index (χ4v) is 3.58. The van der Waals surface area contributed by atoms with Crippen LogP contribution in [0.4, 0.5) is 5.69 Å². The van der Waals surface area contributed by atoms with E-state index < -0.39 is 0 Å². The van der Waals surface area contributed by atoms with Crippen LogP contribution in [0.15, 0.2) is 18.2 Å². The molecule has 1 fully saturated rings. The molecular formula is C15H22N2OS. The number of nitrogens with one attached hydrogen (secondary N) is 1. The smallest absolute Gasteiger partial charge is 0.253 e. The standard InChI is InChI=1S/C15H22N2OS/c1-10-5-3-8-13(16)14(10)15(18)17-11-6-4-7-12(9-11)19-2/h3,5,8,11-12H,4,6-7,9,16H2,1-2H3,(H,17,18). The van der Waals surface area contributed by atoms with Gasteiger partial charge in [-0.05, 0) is 44.1 Å². The van der Waals surface area contributed by atoms with Crippen molar-refractivity contribution >= 4 is 23.4 Å². The molecule has 19 heavy (non-hydrogen) atoms. The molecule has 3 N–H and O–H groups in total. The molecule has 0 bridgehead atoms. The summed E-state index contributed by atoms with van der Waals surface area (Å²) in [4.78, 5) is 12.4. The van der Waals surface area contributed by atoms with Crippen LogP contribution in [0, 0.1) is 6.92 Å². The van der Waals surface area contributed by atoms with E-state index in [1.165, 1.54) is 12.8 Å². The van der Waals surface area contributed by atoms with Crippen LogP contribution in [0.3, 0.4) is 0 Å². The Morgan fingerprint density at radius 1 is 1.42 bits per heavy atom. The van der Waals surface area contributed by atoms with Gasteiger partial charge in [-0.3, -0.25) is 4.79 Å². The average molecular weight is 278 g/mol. The van der Waals surface area contributed by atoms with Gasteiger partial charge in [0.05, 0.1) is 5.56 Å². The lowest BCUT2D eigenvalue weighted by molar-refractivity contribution is 0.0929. The number of hydrogen-bond donors (Lipinski definition) is 2. The van der Waals surface area contributed by atoms with Crippen molar-refractivity contribution in [3.63, 3.8) is 0 Å². The molecule has 0 aliphatic heterocycles. The Balaban J connectivity index is 2.05. The number of amides is 1. The van der Waals surface area contributed by atoms with Gasteiger partial charge in [-0.15, -0.1) is 0 Å². The topological polar surface area (TPSA) is 55.1 Å². The van der Waals surface area contributed by atoms with Crippen molar-refractivity contribution in [2.24, 2.45) is 0 Å². The second-order valence-corrected chi connectivity index (χ2v) is 6.37. The van der Waals surface area contributed by atoms with Crippen LogP contribution in [0.1, 0.15) is 41.6 Å². The van der Waals surface area contributed by atoms with E-state index in [1.54, 1.807) is 6.07 Å². The fraction of sp³-hybridized carbons (Fsp3) is 0.533. The number of nitrogens with two attached hydrogens (primary N) is 1. The molecule has 2 unspecified atom stereocenters. The van der Waals surface area contributed by atoms with Crippen molar-refractivity contribution in [2.45, 2.75) is 43.9 Å². The van der Waals surface area contributed by atoms with Gasteiger partial charge < -0.3 is 11.1 Å². The summed E-state index contributed by atoms with van der Waals surface area (Å²) in [5, 5.41) is 3.82. The highest BCUT2D eigenvalue weighted by molar-refractivity contribution is 7.99. The molecule has 1 aromatic rings. The molecule has 1 aliphatic rings. The Labute approximate surface area is 119 Å². The molecule has 2 atom stereocenters. The van der Waals surface area contributed by atoms with Gasteiger partial charge in [0.25, 0.3) is 5.91 Å². The molecule has 3 nitrogen and oxygen atoms in total. The van der Waals surface area contributed by atoms with E-state index in [1.807, 2.05) is 30.8 Å². The van der Waals surface area contributed by atoms with E-state index in [0.29, 0.717) is 16.5 Å². The molecule has 0 saturated heterocycles. The zero-order valence-corrected chi connectivity index (χ0v) is 12.4. The minimum absolute atomic E-state index is 0.0256. The number of benzene rings is 1. The van der Waals surface area contributed by atoms with Gasteiger partial charge in [-0.2, -0.15) is 11.8 Å². The Morgan fingerprint density at radius 2 is 2.21 bits per heavy atom. The summed E-state index contributed by atoms with van der Waals surface area (Å²) in [5.41, 5.74) is 8.05. The number of thioether (sulfide) groups is 1. The van der Waals surface area contributed by atoms with E-state index in [-0.39, 0.29) is 11.9 Å². The first-order valence-electron chi connectivity index (χ1n) is 6.80. The van der Waals surface area contributed by atoms with Crippen LogP contribution in [0.25, 0.3) is 0 Å². The van der Waals surface area contributed by atoms with Crippen LogP contribution < -0.4 is 11.1 Å². The molecule has 0 spiro atoms. The van der Waals surface area contributed by atoms with Crippen molar-refractivity contribution < 1.29 is 4.79 Å². The highest BCUT2D eigenvalue weighted by atomic mass is 32.2. The lowest BCUT2D eigenvalue weighted by Gasteiger charge is -2.29. The van der Waals surface area contributed by atoms with E-state index >= 15 is 0 Å². The van der Waals surface area contributed by atoms with Crippen LogP contribution in [-0.4, -0.2) is 23.5 Å².